The van der Waals surface area contributed by atoms with Crippen LogP contribution in [0.5, 0.6) is 5.75 Å². The average Bonchev–Trinajstić information content (AvgIpc) is 3.02. The Kier molecular flexibility index (Phi) is 5.29. The van der Waals surface area contributed by atoms with Crippen molar-refractivity contribution in [2.75, 3.05) is 5.32 Å². The number of hydrogen-bond acceptors (Lipinski definition) is 4. The van der Waals surface area contributed by atoms with E-state index in [0.717, 1.165) is 17.2 Å². The number of phenols is 1. The molecule has 3 aromatic carbocycles. The minimum Gasteiger partial charge on any atom is -0.505 e. The minimum absolute atomic E-state index is 0.145. The van der Waals surface area contributed by atoms with E-state index in [1.165, 1.54) is 0 Å². The average molecular weight is 381 g/mol. The Hall–Kier alpha value is -3.99. The van der Waals surface area contributed by atoms with Crippen molar-refractivity contribution in [1.82, 2.24) is 0 Å². The summed E-state index contributed by atoms with van der Waals surface area (Å²) in [7, 11) is 0. The van der Waals surface area contributed by atoms with E-state index in [1.54, 1.807) is 18.2 Å². The fourth-order valence-corrected chi connectivity index (χ4v) is 3.05. The van der Waals surface area contributed by atoms with Gasteiger partial charge in [0.05, 0.1) is 11.3 Å². The van der Waals surface area contributed by atoms with Crippen LogP contribution in [0, 0.1) is 0 Å². The van der Waals surface area contributed by atoms with E-state index in [4.69, 9.17) is 0 Å². The van der Waals surface area contributed by atoms with Gasteiger partial charge in [0.25, 0.3) is 5.91 Å². The summed E-state index contributed by atoms with van der Waals surface area (Å²) in [5.74, 6) is -0.609. The lowest BCUT2D eigenvalue weighted by atomic mass is 10.0. The van der Waals surface area contributed by atoms with Gasteiger partial charge in [0.15, 0.2) is 5.75 Å². The quantitative estimate of drug-likeness (QED) is 0.522. The van der Waals surface area contributed by atoms with Crippen molar-refractivity contribution in [3.8, 4) is 5.75 Å². The van der Waals surface area contributed by atoms with Crippen molar-refractivity contribution in [2.45, 2.75) is 6.42 Å². The fourth-order valence-electron chi connectivity index (χ4n) is 3.05. The molecule has 0 bridgehead atoms. The third kappa shape index (κ3) is 4.14. The summed E-state index contributed by atoms with van der Waals surface area (Å²) in [6.45, 7) is 0. The molecule has 1 amide bonds. The zero-order valence-corrected chi connectivity index (χ0v) is 15.6. The molecule has 0 aliphatic heterocycles. The predicted octanol–water partition coefficient (Wildman–Crippen LogP) is 6.28. The second-order valence-electron chi connectivity index (χ2n) is 6.52. The topological polar surface area (TPSA) is 74.0 Å². The molecule has 0 spiro atoms. The van der Waals surface area contributed by atoms with E-state index in [0.29, 0.717) is 11.4 Å². The standard InChI is InChI=1S/C24H19N3O2/c28-23-21(24(29)25-18-11-6-3-7-12-18)16-17-10-8-9-15-20(17)22(23)27-26-19-13-4-1-2-5-14-19/h1,3-16,28H,2H2,(H,25,29). The SMILES string of the molecule is O=C(Nc1ccccc1)c1cc2ccccc2c(N=NC2=CC=CCC=C2)c1O. The second-order valence-corrected chi connectivity index (χ2v) is 6.52. The highest BCUT2D eigenvalue weighted by atomic mass is 16.3. The van der Waals surface area contributed by atoms with Crippen molar-refractivity contribution in [3.05, 3.63) is 102 Å². The van der Waals surface area contributed by atoms with Gasteiger partial charge in [0, 0.05) is 11.1 Å². The molecule has 0 saturated carbocycles. The molecule has 0 heterocycles. The number of carbonyl (C=O) groups is 1. The van der Waals surface area contributed by atoms with Crippen LogP contribution < -0.4 is 5.32 Å². The zero-order valence-electron chi connectivity index (χ0n) is 15.6. The van der Waals surface area contributed by atoms with E-state index >= 15 is 0 Å². The van der Waals surface area contributed by atoms with Crippen LogP contribution in [0.15, 0.2) is 107 Å². The summed E-state index contributed by atoms with van der Waals surface area (Å²) in [5, 5.41) is 23.7. The lowest BCUT2D eigenvalue weighted by Gasteiger charge is -2.11. The first kappa shape index (κ1) is 18.4. The molecule has 0 unspecified atom stereocenters. The third-order valence-corrected chi connectivity index (χ3v) is 4.50. The molecule has 0 radical (unpaired) electrons. The highest BCUT2D eigenvalue weighted by Gasteiger charge is 2.18. The molecule has 5 heteroatoms. The van der Waals surface area contributed by atoms with Crippen LogP contribution in [0.3, 0.4) is 0 Å². The Labute approximate surface area is 168 Å². The number of carbonyl (C=O) groups excluding carboxylic acids is 1. The molecular weight excluding hydrogens is 362 g/mol. The number of benzene rings is 3. The maximum atomic E-state index is 12.8. The highest BCUT2D eigenvalue weighted by molar-refractivity contribution is 6.11. The number of rotatable bonds is 4. The van der Waals surface area contributed by atoms with E-state index in [9.17, 15) is 9.90 Å². The van der Waals surface area contributed by atoms with Crippen LogP contribution in [0.2, 0.25) is 0 Å². The molecule has 5 nitrogen and oxygen atoms in total. The largest absolute Gasteiger partial charge is 0.505 e. The van der Waals surface area contributed by atoms with Gasteiger partial charge in [0.2, 0.25) is 0 Å². The number of amides is 1. The number of nitrogens with one attached hydrogen (secondary N) is 1. The van der Waals surface area contributed by atoms with Gasteiger partial charge in [-0.25, -0.2) is 0 Å². The smallest absolute Gasteiger partial charge is 0.259 e. The Bertz CT molecular complexity index is 1180. The fraction of sp³-hybridized carbons (Fsp3) is 0.0417. The van der Waals surface area contributed by atoms with Crippen molar-refractivity contribution < 1.29 is 9.90 Å². The van der Waals surface area contributed by atoms with Crippen LogP contribution >= 0.6 is 0 Å². The Morgan fingerprint density at radius 3 is 2.62 bits per heavy atom. The molecule has 0 fully saturated rings. The number of nitrogens with zero attached hydrogens (tertiary/aromatic N) is 2. The third-order valence-electron chi connectivity index (χ3n) is 4.50. The van der Waals surface area contributed by atoms with Crippen molar-refractivity contribution in [2.24, 2.45) is 10.2 Å². The van der Waals surface area contributed by atoms with Gasteiger partial charge < -0.3 is 10.4 Å². The highest BCUT2D eigenvalue weighted by Crippen LogP contribution is 2.39. The van der Waals surface area contributed by atoms with Gasteiger partial charge in [-0.15, -0.1) is 5.11 Å². The summed E-state index contributed by atoms with van der Waals surface area (Å²) in [6, 6.07) is 18.2. The number of hydrogen-bond donors (Lipinski definition) is 2. The molecule has 142 valence electrons. The lowest BCUT2D eigenvalue weighted by molar-refractivity contribution is 0.102. The van der Waals surface area contributed by atoms with Crippen LogP contribution in [0.1, 0.15) is 16.8 Å². The zero-order chi connectivity index (χ0) is 20.1. The molecule has 1 aliphatic rings. The van der Waals surface area contributed by atoms with Gasteiger partial charge in [-0.2, -0.15) is 5.11 Å². The minimum atomic E-state index is -0.410. The Balaban J connectivity index is 1.77. The van der Waals surface area contributed by atoms with E-state index in [1.807, 2.05) is 72.8 Å². The summed E-state index contributed by atoms with van der Waals surface area (Å²) in [4.78, 5) is 12.8. The van der Waals surface area contributed by atoms with Gasteiger partial charge in [-0.05, 0) is 42.2 Å². The van der Waals surface area contributed by atoms with Crippen molar-refractivity contribution in [1.29, 1.82) is 0 Å². The van der Waals surface area contributed by atoms with Crippen LogP contribution in [-0.4, -0.2) is 11.0 Å². The van der Waals surface area contributed by atoms with Crippen LogP contribution in [-0.2, 0) is 0 Å². The predicted molar refractivity (Wildman–Crippen MR) is 116 cm³/mol. The summed E-state index contributed by atoms with van der Waals surface area (Å²) < 4.78 is 0. The Morgan fingerprint density at radius 2 is 1.76 bits per heavy atom. The van der Waals surface area contributed by atoms with Crippen LogP contribution in [0.4, 0.5) is 11.4 Å². The molecule has 0 atom stereocenters. The maximum absolute atomic E-state index is 12.8. The number of anilines is 1. The molecule has 2 N–H and O–H groups in total. The van der Waals surface area contributed by atoms with Gasteiger partial charge >= 0.3 is 0 Å². The normalized spacial score (nSPS) is 13.4. The molecule has 4 rings (SSSR count). The van der Waals surface area contributed by atoms with Crippen LogP contribution in [0.25, 0.3) is 10.8 Å². The summed E-state index contributed by atoms with van der Waals surface area (Å²) >= 11 is 0. The molecule has 0 saturated heterocycles. The monoisotopic (exact) mass is 381 g/mol. The first-order chi connectivity index (χ1) is 14.2. The van der Waals surface area contributed by atoms with E-state index < -0.39 is 5.91 Å². The van der Waals surface area contributed by atoms with E-state index in [-0.39, 0.29) is 17.0 Å². The lowest BCUT2D eigenvalue weighted by Crippen LogP contribution is -2.12. The summed E-state index contributed by atoms with van der Waals surface area (Å²) in [6.07, 6.45) is 10.5. The molecule has 1 aliphatic carbocycles. The number of aromatic hydroxyl groups is 1. The number of azo groups is 1. The molecular formula is C24H19N3O2. The van der Waals surface area contributed by atoms with Gasteiger partial charge in [0.1, 0.15) is 5.69 Å². The molecule has 0 aromatic heterocycles. The molecule has 29 heavy (non-hydrogen) atoms. The van der Waals surface area contributed by atoms with Crippen molar-refractivity contribution >= 4 is 28.1 Å². The van der Waals surface area contributed by atoms with Gasteiger partial charge in [-0.1, -0.05) is 60.7 Å². The van der Waals surface area contributed by atoms with Gasteiger partial charge in [-0.3, -0.25) is 4.79 Å². The maximum Gasteiger partial charge on any atom is 0.259 e. The molecule has 3 aromatic rings. The summed E-state index contributed by atoms with van der Waals surface area (Å²) in [5.41, 5.74) is 1.73. The first-order valence-electron chi connectivity index (χ1n) is 9.28. The Morgan fingerprint density at radius 1 is 0.966 bits per heavy atom. The van der Waals surface area contributed by atoms with Crippen molar-refractivity contribution in [3.63, 3.8) is 0 Å². The first-order valence-corrected chi connectivity index (χ1v) is 9.28. The second kappa shape index (κ2) is 8.35. The number of allylic oxidation sites excluding steroid dienone is 5. The van der Waals surface area contributed by atoms with E-state index in [2.05, 4.69) is 15.5 Å². The number of para-hydroxylation sites is 1. The number of fused-ring (bicyclic) bond motifs is 1. The number of phenolic OH excluding ortho intramolecular Hbond substituents is 1.